The van der Waals surface area contributed by atoms with Gasteiger partial charge in [-0.2, -0.15) is 0 Å². The van der Waals surface area contributed by atoms with E-state index in [2.05, 4.69) is 164 Å². The monoisotopic (exact) mass is 605 g/mol. The van der Waals surface area contributed by atoms with Crippen LogP contribution in [0.15, 0.2) is 164 Å². The minimum Gasteiger partial charge on any atom is -0.256 e. The van der Waals surface area contributed by atoms with Crippen LogP contribution in [0.4, 0.5) is 0 Å². The zero-order valence-electron chi connectivity index (χ0n) is 26.0. The van der Waals surface area contributed by atoms with Crippen LogP contribution < -0.4 is 0 Å². The van der Waals surface area contributed by atoms with Gasteiger partial charge in [-0.1, -0.05) is 152 Å². The first-order valence-electron chi connectivity index (χ1n) is 16.6. The number of nitrogens with zero attached hydrogens (tertiary/aromatic N) is 1. The summed E-state index contributed by atoms with van der Waals surface area (Å²) in [5.74, 6) is 0. The van der Waals surface area contributed by atoms with E-state index in [0.717, 1.165) is 5.52 Å². The Bertz CT molecular complexity index is 2720. The second kappa shape index (κ2) is 9.61. The molecular weight excluding hydrogens is 579 g/mol. The molecule has 48 heavy (non-hydrogen) atoms. The van der Waals surface area contributed by atoms with E-state index in [-0.39, 0.29) is 0 Å². The predicted molar refractivity (Wildman–Crippen MR) is 202 cm³/mol. The maximum Gasteiger partial charge on any atom is 0.0714 e. The van der Waals surface area contributed by atoms with Gasteiger partial charge in [-0.05, 0) is 94.4 Å². The highest BCUT2D eigenvalue weighted by Gasteiger charge is 2.32. The van der Waals surface area contributed by atoms with Crippen molar-refractivity contribution in [3.05, 3.63) is 164 Å². The van der Waals surface area contributed by atoms with Gasteiger partial charge in [0.25, 0.3) is 0 Å². The van der Waals surface area contributed by atoms with Crippen LogP contribution in [0, 0.1) is 0 Å². The lowest BCUT2D eigenvalue weighted by atomic mass is 9.82. The van der Waals surface area contributed by atoms with Crippen LogP contribution in [0.25, 0.3) is 110 Å². The quantitative estimate of drug-likeness (QED) is 0.195. The van der Waals surface area contributed by atoms with Crippen molar-refractivity contribution in [3.8, 4) is 77.9 Å². The lowest BCUT2D eigenvalue weighted by molar-refractivity contribution is 1.42. The van der Waals surface area contributed by atoms with E-state index < -0.39 is 0 Å². The topological polar surface area (TPSA) is 12.9 Å². The average molecular weight is 606 g/mol. The Kier molecular flexibility index (Phi) is 5.17. The summed E-state index contributed by atoms with van der Waals surface area (Å²) in [6, 6.07) is 57.8. The predicted octanol–water partition coefficient (Wildman–Crippen LogP) is 12.8. The van der Waals surface area contributed by atoms with Crippen molar-refractivity contribution in [1.82, 2.24) is 4.98 Å². The first-order chi connectivity index (χ1) is 23.9. The fraction of sp³-hybridized carbons (Fsp3) is 0. The molecule has 220 valence electrons. The van der Waals surface area contributed by atoms with Gasteiger partial charge in [-0.25, -0.2) is 0 Å². The molecule has 2 aliphatic carbocycles. The molecule has 0 unspecified atom stereocenters. The fourth-order valence-corrected chi connectivity index (χ4v) is 8.73. The third-order valence-electron chi connectivity index (χ3n) is 10.6. The largest absolute Gasteiger partial charge is 0.256 e. The molecule has 9 aromatic rings. The van der Waals surface area contributed by atoms with E-state index in [0.29, 0.717) is 0 Å². The molecule has 0 radical (unpaired) electrons. The molecule has 0 fully saturated rings. The Morgan fingerprint density at radius 2 is 0.792 bits per heavy atom. The first kappa shape index (κ1) is 25.8. The highest BCUT2D eigenvalue weighted by Crippen LogP contribution is 2.59. The Balaban J connectivity index is 1.28. The fourth-order valence-electron chi connectivity index (χ4n) is 8.73. The molecule has 2 aliphatic rings. The summed E-state index contributed by atoms with van der Waals surface area (Å²) >= 11 is 0. The molecule has 0 saturated heterocycles. The number of hydrogen-bond acceptors (Lipinski definition) is 1. The maximum absolute atomic E-state index is 5.05. The van der Waals surface area contributed by atoms with Gasteiger partial charge < -0.3 is 0 Å². The van der Waals surface area contributed by atoms with Gasteiger partial charge >= 0.3 is 0 Å². The van der Waals surface area contributed by atoms with Gasteiger partial charge in [0.1, 0.15) is 0 Å². The van der Waals surface area contributed by atoms with Crippen molar-refractivity contribution < 1.29 is 0 Å². The van der Waals surface area contributed by atoms with Crippen LogP contribution in [0.2, 0.25) is 0 Å². The minimum absolute atomic E-state index is 1.05. The van der Waals surface area contributed by atoms with Crippen molar-refractivity contribution in [2.24, 2.45) is 0 Å². The van der Waals surface area contributed by atoms with Crippen LogP contribution in [0.5, 0.6) is 0 Å². The average Bonchev–Trinajstić information content (AvgIpc) is 3.67. The summed E-state index contributed by atoms with van der Waals surface area (Å²) in [5.41, 5.74) is 18.9. The molecule has 0 atom stereocenters. The Morgan fingerprint density at radius 1 is 0.271 bits per heavy atom. The lowest BCUT2D eigenvalue weighted by Gasteiger charge is -2.20. The van der Waals surface area contributed by atoms with Crippen molar-refractivity contribution in [3.63, 3.8) is 0 Å². The lowest BCUT2D eigenvalue weighted by Crippen LogP contribution is -1.93. The zero-order chi connectivity index (χ0) is 31.3. The second-order valence-electron chi connectivity index (χ2n) is 13.0. The van der Waals surface area contributed by atoms with Gasteiger partial charge in [0.05, 0.1) is 5.52 Å². The maximum atomic E-state index is 5.05. The number of pyridine rings is 1. The number of aromatic nitrogens is 1. The van der Waals surface area contributed by atoms with Gasteiger partial charge in [0.15, 0.2) is 0 Å². The molecule has 0 N–H and O–H groups in total. The normalized spacial score (nSPS) is 12.2. The summed E-state index contributed by atoms with van der Waals surface area (Å²) in [4.78, 5) is 5.05. The molecule has 0 spiro atoms. The molecule has 11 rings (SSSR count). The summed E-state index contributed by atoms with van der Waals surface area (Å²) in [5, 5.41) is 6.40. The molecule has 0 amide bonds. The highest BCUT2D eigenvalue weighted by molar-refractivity contribution is 6.29. The molecule has 1 heteroatoms. The number of fused-ring (bicyclic) bond motifs is 7. The van der Waals surface area contributed by atoms with Gasteiger partial charge in [-0.3, -0.25) is 4.98 Å². The van der Waals surface area contributed by atoms with E-state index in [1.165, 1.54) is 105 Å². The zero-order valence-corrected chi connectivity index (χ0v) is 26.0. The Hall–Kier alpha value is -6.31. The van der Waals surface area contributed by atoms with Gasteiger partial charge in [0, 0.05) is 22.7 Å². The van der Waals surface area contributed by atoms with E-state index in [9.17, 15) is 0 Å². The highest BCUT2D eigenvalue weighted by atomic mass is 14.7. The number of benzene rings is 8. The van der Waals surface area contributed by atoms with E-state index in [1.54, 1.807) is 0 Å². The van der Waals surface area contributed by atoms with Crippen molar-refractivity contribution >= 4 is 32.4 Å². The first-order valence-corrected chi connectivity index (χ1v) is 16.6. The van der Waals surface area contributed by atoms with Crippen LogP contribution in [0.1, 0.15) is 0 Å². The summed E-state index contributed by atoms with van der Waals surface area (Å²) in [6.07, 6.45) is 2.11. The molecule has 1 nitrogen and oxygen atoms in total. The third-order valence-corrected chi connectivity index (χ3v) is 10.6. The van der Waals surface area contributed by atoms with Crippen LogP contribution in [-0.4, -0.2) is 4.98 Å². The van der Waals surface area contributed by atoms with Crippen molar-refractivity contribution in [2.45, 2.75) is 0 Å². The molecule has 0 aliphatic heterocycles. The van der Waals surface area contributed by atoms with Gasteiger partial charge in [-0.15, -0.1) is 0 Å². The standard InChI is InChI=1S/C47H27N/c1-3-13-28(14-4-1)41-35-19-9-10-20-36(35)42(29-15-5-2-6-16-29)47-38-26-25-31(32-21-11-23-37(43(32)38)46(41)47)39-27-48-40-24-12-22-34-30-17-7-8-18-33(30)44(39)45(34)40/h1-27H. The van der Waals surface area contributed by atoms with Crippen molar-refractivity contribution in [2.75, 3.05) is 0 Å². The van der Waals surface area contributed by atoms with E-state index in [4.69, 9.17) is 4.98 Å². The minimum atomic E-state index is 1.05. The molecule has 8 aromatic carbocycles. The molecular formula is C47H27N. The van der Waals surface area contributed by atoms with Crippen LogP contribution in [0.3, 0.4) is 0 Å². The molecule has 0 bridgehead atoms. The molecule has 1 aromatic heterocycles. The SMILES string of the molecule is c1ccc(-c2c3c(c(-c4ccccc4)c4ccccc24)-c2ccc(-c4cnc5cccc6c5c4-c4ccccc4-6)c4cccc-3c24)cc1. The Morgan fingerprint density at radius 3 is 1.50 bits per heavy atom. The van der Waals surface area contributed by atoms with Crippen molar-refractivity contribution in [1.29, 1.82) is 0 Å². The second-order valence-corrected chi connectivity index (χ2v) is 13.0. The van der Waals surface area contributed by atoms with E-state index in [1.807, 2.05) is 0 Å². The smallest absolute Gasteiger partial charge is 0.0714 e. The van der Waals surface area contributed by atoms with E-state index >= 15 is 0 Å². The number of hydrogen-bond donors (Lipinski definition) is 0. The summed E-state index contributed by atoms with van der Waals surface area (Å²) in [7, 11) is 0. The Labute approximate surface area is 278 Å². The molecule has 1 heterocycles. The molecule has 0 saturated carbocycles. The number of rotatable bonds is 3. The third kappa shape index (κ3) is 3.32. The summed E-state index contributed by atoms with van der Waals surface area (Å²) in [6.45, 7) is 0. The van der Waals surface area contributed by atoms with Gasteiger partial charge in [0.2, 0.25) is 0 Å². The summed E-state index contributed by atoms with van der Waals surface area (Å²) < 4.78 is 0. The van der Waals surface area contributed by atoms with Crippen LogP contribution in [-0.2, 0) is 0 Å². The van der Waals surface area contributed by atoms with Crippen LogP contribution >= 0.6 is 0 Å².